The summed E-state index contributed by atoms with van der Waals surface area (Å²) in [5, 5.41) is 13.8. The van der Waals surface area contributed by atoms with Crippen molar-refractivity contribution in [2.24, 2.45) is 11.3 Å². The standard InChI is InChI=1S/C16H26NO3S/c1-12(2)16(3)8-4-5-13(11-16)20-15(18)7-10-21-14-6-9-17(14)19/h7,10,12-14H,4-6,8-9,11H2,1-3H3/q-1/t13?,14-,16?/m1/s1. The van der Waals surface area contributed by atoms with Gasteiger partial charge < -0.3 is 15.0 Å². The summed E-state index contributed by atoms with van der Waals surface area (Å²) in [4.78, 5) is 11.8. The zero-order valence-corrected chi connectivity index (χ0v) is 14.0. The van der Waals surface area contributed by atoms with Crippen molar-refractivity contribution in [2.45, 2.75) is 64.4 Å². The maximum absolute atomic E-state index is 11.8. The number of hydrogen-bond acceptors (Lipinski definition) is 5. The molecule has 0 spiro atoms. The van der Waals surface area contributed by atoms with E-state index in [1.165, 1.54) is 24.3 Å². The minimum atomic E-state index is -0.280. The lowest BCUT2D eigenvalue weighted by Gasteiger charge is -2.45. The molecular weight excluding hydrogens is 286 g/mol. The summed E-state index contributed by atoms with van der Waals surface area (Å²) in [5.41, 5.74) is 0.274. The zero-order chi connectivity index (χ0) is 15.5. The molecule has 1 heterocycles. The normalized spacial score (nSPS) is 34.1. The minimum absolute atomic E-state index is 0.0204. The third-order valence-corrected chi connectivity index (χ3v) is 6.08. The van der Waals surface area contributed by atoms with E-state index < -0.39 is 0 Å². The SMILES string of the molecule is CC(C)C1(C)CCCC(OC(=O)C=CS[C@@H]2CCN2[O-])C1. The summed E-state index contributed by atoms with van der Waals surface area (Å²) in [5.74, 6) is 0.323. The van der Waals surface area contributed by atoms with Gasteiger partial charge in [0.15, 0.2) is 0 Å². The maximum Gasteiger partial charge on any atom is 0.331 e. The molecule has 21 heavy (non-hydrogen) atoms. The Balaban J connectivity index is 1.75. The number of nitrogens with zero attached hydrogens (tertiary/aromatic N) is 1. The highest BCUT2D eigenvalue weighted by Gasteiger charge is 2.36. The molecule has 2 unspecified atom stereocenters. The third kappa shape index (κ3) is 4.47. The van der Waals surface area contributed by atoms with Gasteiger partial charge in [-0.15, -0.1) is 11.8 Å². The van der Waals surface area contributed by atoms with Crippen LogP contribution in [0.25, 0.3) is 0 Å². The van der Waals surface area contributed by atoms with Crippen LogP contribution in [0.1, 0.15) is 52.9 Å². The predicted molar refractivity (Wildman–Crippen MR) is 86.5 cm³/mol. The van der Waals surface area contributed by atoms with Crippen LogP contribution in [0, 0.1) is 16.5 Å². The molecule has 0 bridgehead atoms. The van der Waals surface area contributed by atoms with Crippen molar-refractivity contribution in [3.05, 3.63) is 16.7 Å². The van der Waals surface area contributed by atoms with E-state index in [2.05, 4.69) is 20.8 Å². The van der Waals surface area contributed by atoms with E-state index in [4.69, 9.17) is 4.74 Å². The second-order valence-electron chi connectivity index (χ2n) is 6.79. The van der Waals surface area contributed by atoms with Crippen molar-refractivity contribution in [1.82, 2.24) is 5.06 Å². The van der Waals surface area contributed by atoms with Gasteiger partial charge in [0.25, 0.3) is 0 Å². The van der Waals surface area contributed by atoms with E-state index in [1.807, 2.05) is 0 Å². The molecule has 0 aromatic heterocycles. The molecule has 2 rings (SSSR count). The van der Waals surface area contributed by atoms with Gasteiger partial charge in [0.05, 0.1) is 0 Å². The Morgan fingerprint density at radius 2 is 2.24 bits per heavy atom. The van der Waals surface area contributed by atoms with Crippen LogP contribution >= 0.6 is 11.8 Å². The van der Waals surface area contributed by atoms with E-state index in [-0.39, 0.29) is 22.9 Å². The van der Waals surface area contributed by atoms with Crippen LogP contribution in [-0.4, -0.2) is 29.1 Å². The second-order valence-corrected chi connectivity index (χ2v) is 7.88. The van der Waals surface area contributed by atoms with Crippen molar-refractivity contribution in [1.29, 1.82) is 0 Å². The molecule has 1 aliphatic heterocycles. The van der Waals surface area contributed by atoms with Crippen LogP contribution in [0.15, 0.2) is 11.5 Å². The first-order valence-corrected chi connectivity index (χ1v) is 8.81. The van der Waals surface area contributed by atoms with Gasteiger partial charge in [-0.05, 0) is 55.4 Å². The van der Waals surface area contributed by atoms with Gasteiger partial charge in [0.2, 0.25) is 0 Å². The van der Waals surface area contributed by atoms with E-state index in [0.29, 0.717) is 12.5 Å². The molecule has 0 radical (unpaired) electrons. The maximum atomic E-state index is 11.8. The summed E-state index contributed by atoms with van der Waals surface area (Å²) < 4.78 is 5.57. The summed E-state index contributed by atoms with van der Waals surface area (Å²) in [6.07, 6.45) is 6.64. The molecule has 2 aliphatic rings. The van der Waals surface area contributed by atoms with Crippen LogP contribution in [-0.2, 0) is 9.53 Å². The minimum Gasteiger partial charge on any atom is -0.784 e. The summed E-state index contributed by atoms with van der Waals surface area (Å²) in [7, 11) is 0. The molecule has 0 amide bonds. The van der Waals surface area contributed by atoms with Crippen molar-refractivity contribution >= 4 is 17.7 Å². The smallest absolute Gasteiger partial charge is 0.331 e. The first kappa shape index (κ1) is 16.8. The van der Waals surface area contributed by atoms with E-state index >= 15 is 0 Å². The van der Waals surface area contributed by atoms with Crippen molar-refractivity contribution in [2.75, 3.05) is 6.54 Å². The van der Waals surface area contributed by atoms with Gasteiger partial charge in [-0.3, -0.25) is 0 Å². The fourth-order valence-electron chi connectivity index (χ4n) is 2.95. The van der Waals surface area contributed by atoms with Crippen LogP contribution in [0.2, 0.25) is 0 Å². The van der Waals surface area contributed by atoms with Crippen molar-refractivity contribution in [3.8, 4) is 0 Å². The topological polar surface area (TPSA) is 52.6 Å². The lowest BCUT2D eigenvalue weighted by molar-refractivity contribution is -0.147. The Kier molecular flexibility index (Phi) is 5.74. The Bertz CT molecular complexity index is 399. The number of rotatable bonds is 5. The second kappa shape index (κ2) is 7.16. The molecule has 0 aromatic rings. The highest BCUT2D eigenvalue weighted by Crippen LogP contribution is 2.42. The van der Waals surface area contributed by atoms with E-state index in [9.17, 15) is 10.0 Å². The number of esters is 1. The average Bonchev–Trinajstić information content (AvgIpc) is 2.41. The highest BCUT2D eigenvalue weighted by atomic mass is 32.2. The Labute approximate surface area is 131 Å². The third-order valence-electron chi connectivity index (χ3n) is 5.00. The number of hydrogen-bond donors (Lipinski definition) is 0. The first-order chi connectivity index (χ1) is 9.90. The van der Waals surface area contributed by atoms with Gasteiger partial charge in [-0.25, -0.2) is 4.79 Å². The van der Waals surface area contributed by atoms with Gasteiger partial charge in [0, 0.05) is 11.4 Å². The first-order valence-electron chi connectivity index (χ1n) is 7.87. The number of thioether (sulfide) groups is 1. The summed E-state index contributed by atoms with van der Waals surface area (Å²) in [6, 6.07) is 0. The van der Waals surface area contributed by atoms with E-state index in [0.717, 1.165) is 30.7 Å². The quantitative estimate of drug-likeness (QED) is 0.569. The molecular formula is C16H26NO3S-. The van der Waals surface area contributed by atoms with Crippen LogP contribution in [0.5, 0.6) is 0 Å². The Hall–Kier alpha value is -0.520. The number of carbonyl (C=O) groups is 1. The van der Waals surface area contributed by atoms with Gasteiger partial charge in [0.1, 0.15) is 6.10 Å². The molecule has 1 saturated heterocycles. The van der Waals surface area contributed by atoms with Crippen molar-refractivity contribution < 1.29 is 9.53 Å². The van der Waals surface area contributed by atoms with Gasteiger partial charge >= 0.3 is 5.97 Å². The molecule has 1 saturated carbocycles. The number of hydroxylamine groups is 2. The van der Waals surface area contributed by atoms with E-state index in [1.54, 1.807) is 5.41 Å². The predicted octanol–water partition coefficient (Wildman–Crippen LogP) is 3.91. The largest absolute Gasteiger partial charge is 0.784 e. The lowest BCUT2D eigenvalue weighted by Crippen LogP contribution is -2.40. The Morgan fingerprint density at radius 1 is 1.48 bits per heavy atom. The van der Waals surface area contributed by atoms with Crippen molar-refractivity contribution in [3.63, 3.8) is 0 Å². The molecule has 0 N–H and O–H groups in total. The summed E-state index contributed by atoms with van der Waals surface area (Å²) >= 11 is 1.40. The highest BCUT2D eigenvalue weighted by molar-refractivity contribution is 8.02. The Morgan fingerprint density at radius 3 is 2.81 bits per heavy atom. The molecule has 4 nitrogen and oxygen atoms in total. The van der Waals surface area contributed by atoms with Gasteiger partial charge in [-0.1, -0.05) is 20.8 Å². The van der Waals surface area contributed by atoms with Crippen LogP contribution in [0.3, 0.4) is 0 Å². The fraction of sp³-hybridized carbons (Fsp3) is 0.812. The number of ether oxygens (including phenoxy) is 1. The molecule has 120 valence electrons. The molecule has 1 aliphatic carbocycles. The fourth-order valence-corrected chi connectivity index (χ4v) is 3.80. The molecule has 3 atom stereocenters. The molecule has 5 heteroatoms. The average molecular weight is 312 g/mol. The zero-order valence-electron chi connectivity index (χ0n) is 13.2. The van der Waals surface area contributed by atoms with Crippen LogP contribution < -0.4 is 0 Å². The van der Waals surface area contributed by atoms with Crippen LogP contribution in [0.4, 0.5) is 0 Å². The lowest BCUT2D eigenvalue weighted by atomic mass is 9.67. The number of carbonyl (C=O) groups excluding carboxylic acids is 1. The summed E-state index contributed by atoms with van der Waals surface area (Å²) in [6.45, 7) is 7.39. The van der Waals surface area contributed by atoms with Gasteiger partial charge in [-0.2, -0.15) is 0 Å². The molecule has 2 fully saturated rings. The molecule has 0 aromatic carbocycles. The monoisotopic (exact) mass is 312 g/mol.